The molecule has 3 rings (SSSR count). The molecule has 0 N–H and O–H groups in total. The van der Waals surface area contributed by atoms with Crippen molar-refractivity contribution in [1.29, 1.82) is 0 Å². The summed E-state index contributed by atoms with van der Waals surface area (Å²) >= 11 is 0. The van der Waals surface area contributed by atoms with E-state index in [0.717, 1.165) is 17.1 Å². The molecule has 0 aliphatic carbocycles. The first kappa shape index (κ1) is 14.7. The van der Waals surface area contributed by atoms with Crippen molar-refractivity contribution in [3.05, 3.63) is 54.2 Å². The Kier molecular flexibility index (Phi) is 3.66. The van der Waals surface area contributed by atoms with E-state index in [2.05, 4.69) is 66.1 Å². The first-order valence-corrected chi connectivity index (χ1v) is 10.9. The van der Waals surface area contributed by atoms with Gasteiger partial charge in [-0.1, -0.05) is 48.6 Å². The van der Waals surface area contributed by atoms with Crippen LogP contribution in [0.3, 0.4) is 0 Å². The fourth-order valence-electron chi connectivity index (χ4n) is 2.50. The molecule has 0 spiro atoms. The fraction of sp³-hybridized carbons (Fsp3) is 0.235. The highest BCUT2D eigenvalue weighted by atomic mass is 28.3. The highest BCUT2D eigenvalue weighted by molar-refractivity contribution is 6.89. The molecule has 4 nitrogen and oxygen atoms in total. The Hall–Kier alpha value is -2.27. The van der Waals surface area contributed by atoms with E-state index in [1.54, 1.807) is 6.20 Å². The van der Waals surface area contributed by atoms with Gasteiger partial charge in [0.2, 0.25) is 0 Å². The van der Waals surface area contributed by atoms with E-state index in [0.29, 0.717) is 0 Å². The summed E-state index contributed by atoms with van der Waals surface area (Å²) < 4.78 is 1.98. The zero-order valence-corrected chi connectivity index (χ0v) is 14.4. The maximum Gasteiger partial charge on any atom is 0.130 e. The van der Waals surface area contributed by atoms with Crippen LogP contribution in [0, 0.1) is 6.92 Å². The number of aryl methyl sites for hydroxylation is 1. The van der Waals surface area contributed by atoms with Crippen molar-refractivity contribution < 1.29 is 0 Å². The minimum atomic E-state index is -1.65. The number of benzene rings is 1. The second-order valence-electron chi connectivity index (χ2n) is 6.50. The fourth-order valence-corrected chi connectivity index (χ4v) is 4.19. The smallest absolute Gasteiger partial charge is 0.130 e. The predicted molar refractivity (Wildman–Crippen MR) is 92.3 cm³/mol. The van der Waals surface area contributed by atoms with Crippen molar-refractivity contribution in [3.8, 4) is 17.1 Å². The molecule has 112 valence electrons. The molecule has 2 aromatic heterocycles. The van der Waals surface area contributed by atoms with Crippen LogP contribution >= 0.6 is 0 Å². The van der Waals surface area contributed by atoms with Gasteiger partial charge in [-0.2, -0.15) is 0 Å². The third-order valence-electron chi connectivity index (χ3n) is 3.57. The van der Waals surface area contributed by atoms with Crippen molar-refractivity contribution in [2.75, 3.05) is 0 Å². The lowest BCUT2D eigenvalue weighted by molar-refractivity contribution is 0.814. The lowest BCUT2D eigenvalue weighted by Gasteiger charge is -2.19. The van der Waals surface area contributed by atoms with Gasteiger partial charge in [-0.15, -0.1) is 5.10 Å². The summed E-state index contributed by atoms with van der Waals surface area (Å²) in [4.78, 5) is 4.45. The van der Waals surface area contributed by atoms with Crippen molar-refractivity contribution in [3.63, 3.8) is 0 Å². The minimum absolute atomic E-state index is 0.887. The number of hydrogen-bond donors (Lipinski definition) is 0. The van der Waals surface area contributed by atoms with E-state index in [9.17, 15) is 0 Å². The predicted octanol–water partition coefficient (Wildman–Crippen LogP) is 3.18. The Morgan fingerprint density at radius 1 is 0.955 bits per heavy atom. The zero-order chi connectivity index (χ0) is 15.7. The van der Waals surface area contributed by atoms with Gasteiger partial charge in [-0.05, 0) is 31.2 Å². The Morgan fingerprint density at radius 3 is 2.27 bits per heavy atom. The van der Waals surface area contributed by atoms with E-state index in [-0.39, 0.29) is 0 Å². The second-order valence-corrected chi connectivity index (χ2v) is 11.5. The van der Waals surface area contributed by atoms with Crippen LogP contribution in [0.25, 0.3) is 17.1 Å². The average molecular weight is 308 g/mol. The molecule has 0 amide bonds. The molecule has 0 atom stereocenters. The lowest BCUT2D eigenvalue weighted by Crippen LogP contribution is -2.44. The van der Waals surface area contributed by atoms with Crippen molar-refractivity contribution in [1.82, 2.24) is 20.0 Å². The summed E-state index contributed by atoms with van der Waals surface area (Å²) in [5, 5.41) is 10.1. The number of rotatable bonds is 3. The largest absolute Gasteiger partial charge is 0.254 e. The zero-order valence-electron chi connectivity index (χ0n) is 13.4. The van der Waals surface area contributed by atoms with Crippen LogP contribution in [-0.2, 0) is 0 Å². The normalized spacial score (nSPS) is 11.6. The molecule has 5 heteroatoms. The van der Waals surface area contributed by atoms with Gasteiger partial charge in [-0.3, -0.25) is 4.98 Å². The molecular weight excluding hydrogens is 288 g/mol. The standard InChI is InChI=1S/C17H20N4Si/c1-13-8-10-14(11-9-13)21-17(22(2,3)4)16(19-20-21)15-7-5-6-12-18-15/h5-12H,1-4H3. The molecule has 0 aliphatic heterocycles. The van der Waals surface area contributed by atoms with E-state index in [1.807, 2.05) is 22.9 Å². The minimum Gasteiger partial charge on any atom is -0.254 e. The average Bonchev–Trinajstić information content (AvgIpc) is 2.94. The van der Waals surface area contributed by atoms with Gasteiger partial charge < -0.3 is 0 Å². The van der Waals surface area contributed by atoms with Gasteiger partial charge in [0.25, 0.3) is 0 Å². The number of nitrogens with zero attached hydrogens (tertiary/aromatic N) is 4. The summed E-state index contributed by atoms with van der Waals surface area (Å²) in [5.41, 5.74) is 4.08. The van der Waals surface area contributed by atoms with Gasteiger partial charge in [0, 0.05) is 6.20 Å². The SMILES string of the molecule is Cc1ccc(-n2nnc(-c3ccccn3)c2[Si](C)(C)C)cc1. The molecular formula is C17H20N4Si. The summed E-state index contributed by atoms with van der Waals surface area (Å²) in [6.07, 6.45) is 1.80. The Bertz CT molecular complexity index is 771. The molecule has 0 bridgehead atoms. The topological polar surface area (TPSA) is 43.6 Å². The van der Waals surface area contributed by atoms with Crippen LogP contribution in [0.15, 0.2) is 48.7 Å². The Morgan fingerprint density at radius 2 is 1.68 bits per heavy atom. The second kappa shape index (κ2) is 5.49. The van der Waals surface area contributed by atoms with Gasteiger partial charge in [-0.25, -0.2) is 4.68 Å². The maximum absolute atomic E-state index is 4.45. The van der Waals surface area contributed by atoms with Crippen molar-refractivity contribution in [2.45, 2.75) is 26.6 Å². The molecule has 3 aromatic rings. The third-order valence-corrected chi connectivity index (χ3v) is 5.44. The van der Waals surface area contributed by atoms with E-state index in [1.165, 1.54) is 10.9 Å². The van der Waals surface area contributed by atoms with Gasteiger partial charge in [0.1, 0.15) is 13.8 Å². The molecule has 0 saturated heterocycles. The molecule has 2 heterocycles. The molecule has 0 unspecified atom stereocenters. The van der Waals surface area contributed by atoms with E-state index < -0.39 is 8.07 Å². The highest BCUT2D eigenvalue weighted by Gasteiger charge is 2.29. The summed E-state index contributed by atoms with van der Waals surface area (Å²) in [6, 6.07) is 14.3. The van der Waals surface area contributed by atoms with Crippen LogP contribution in [0.5, 0.6) is 0 Å². The molecule has 0 fully saturated rings. The summed E-state index contributed by atoms with van der Waals surface area (Å²) in [6.45, 7) is 9.01. The maximum atomic E-state index is 4.45. The molecule has 0 aliphatic rings. The Labute approximate surface area is 131 Å². The number of pyridine rings is 1. The molecule has 0 saturated carbocycles. The first-order chi connectivity index (χ1) is 10.5. The quantitative estimate of drug-likeness (QED) is 0.698. The van der Waals surface area contributed by atoms with E-state index >= 15 is 0 Å². The third kappa shape index (κ3) is 2.72. The number of aromatic nitrogens is 4. The van der Waals surface area contributed by atoms with Crippen LogP contribution in [0.4, 0.5) is 0 Å². The summed E-state index contributed by atoms with van der Waals surface area (Å²) in [7, 11) is -1.65. The van der Waals surface area contributed by atoms with Gasteiger partial charge in [0.05, 0.1) is 16.7 Å². The monoisotopic (exact) mass is 308 g/mol. The van der Waals surface area contributed by atoms with Crippen molar-refractivity contribution in [2.24, 2.45) is 0 Å². The molecule has 1 aromatic carbocycles. The van der Waals surface area contributed by atoms with E-state index in [4.69, 9.17) is 0 Å². The van der Waals surface area contributed by atoms with Crippen LogP contribution in [0.1, 0.15) is 5.56 Å². The molecule has 0 radical (unpaired) electrons. The first-order valence-electron chi connectivity index (χ1n) is 7.41. The van der Waals surface area contributed by atoms with Crippen LogP contribution in [-0.4, -0.2) is 28.1 Å². The summed E-state index contributed by atoms with van der Waals surface area (Å²) in [5.74, 6) is 0. The highest BCUT2D eigenvalue weighted by Crippen LogP contribution is 2.18. The van der Waals surface area contributed by atoms with Gasteiger partial charge in [0.15, 0.2) is 0 Å². The van der Waals surface area contributed by atoms with Crippen LogP contribution < -0.4 is 5.32 Å². The lowest BCUT2D eigenvalue weighted by atomic mass is 10.2. The van der Waals surface area contributed by atoms with Crippen molar-refractivity contribution >= 4 is 13.4 Å². The van der Waals surface area contributed by atoms with Gasteiger partial charge >= 0.3 is 0 Å². The molecule has 22 heavy (non-hydrogen) atoms. The number of hydrogen-bond acceptors (Lipinski definition) is 3. The Balaban J connectivity index is 2.20. The van der Waals surface area contributed by atoms with Crippen LogP contribution in [0.2, 0.25) is 19.6 Å².